The van der Waals surface area contributed by atoms with Crippen molar-refractivity contribution in [1.82, 2.24) is 10.4 Å². The molecule has 0 spiro atoms. The van der Waals surface area contributed by atoms with E-state index in [0.717, 1.165) is 22.5 Å². The number of aromatic nitrogens is 1. The zero-order chi connectivity index (χ0) is 21.5. The van der Waals surface area contributed by atoms with Crippen LogP contribution in [0.4, 0.5) is 5.13 Å². The van der Waals surface area contributed by atoms with E-state index in [2.05, 4.69) is 15.5 Å². The summed E-state index contributed by atoms with van der Waals surface area (Å²) in [7, 11) is 0. The van der Waals surface area contributed by atoms with Gasteiger partial charge < -0.3 is 15.2 Å². The molecular formula is C21H21ClN4O3S. The van der Waals surface area contributed by atoms with Gasteiger partial charge in [-0.05, 0) is 43.7 Å². The summed E-state index contributed by atoms with van der Waals surface area (Å²) in [6.45, 7) is 4.41. The first-order chi connectivity index (χ1) is 14.5. The zero-order valence-corrected chi connectivity index (χ0v) is 18.1. The van der Waals surface area contributed by atoms with Crippen molar-refractivity contribution in [2.24, 2.45) is 5.10 Å². The van der Waals surface area contributed by atoms with Crippen LogP contribution < -0.4 is 20.6 Å². The van der Waals surface area contributed by atoms with Crippen LogP contribution in [0.1, 0.15) is 33.4 Å². The molecule has 0 aliphatic carbocycles. The quantitative estimate of drug-likeness (QED) is 0.395. The molecule has 0 radical (unpaired) electrons. The van der Waals surface area contributed by atoms with Crippen LogP contribution in [0.15, 0.2) is 47.6 Å². The minimum atomic E-state index is -0.359. The summed E-state index contributed by atoms with van der Waals surface area (Å²) in [4.78, 5) is 16.6. The number of nitrogens with two attached hydrogens (primary N) is 1. The Morgan fingerprint density at radius 3 is 2.77 bits per heavy atom. The molecule has 1 amide bonds. The maximum Gasteiger partial charge on any atom is 0.283 e. The SMILES string of the molecule is CCOc1cc(C=NNC(=O)c2sc(N)nc2C)ccc1OCc1ccccc1Cl. The number of benzene rings is 2. The first-order valence-corrected chi connectivity index (χ1v) is 10.4. The molecule has 0 fully saturated rings. The second-order valence-electron chi connectivity index (χ2n) is 6.19. The highest BCUT2D eigenvalue weighted by Crippen LogP contribution is 2.29. The van der Waals surface area contributed by atoms with Crippen molar-refractivity contribution < 1.29 is 14.3 Å². The maximum atomic E-state index is 12.2. The fourth-order valence-electron chi connectivity index (χ4n) is 2.61. The van der Waals surface area contributed by atoms with Crippen LogP contribution in [-0.2, 0) is 6.61 Å². The lowest BCUT2D eigenvalue weighted by molar-refractivity contribution is 0.0958. The Bertz CT molecular complexity index is 1070. The standard InChI is InChI=1S/C21H21ClN4O3S/c1-3-28-18-10-14(11-24-26-20(27)19-13(2)25-21(23)30-19)8-9-17(18)29-12-15-6-4-5-7-16(15)22/h4-11H,3,12H2,1-2H3,(H2,23,25)(H,26,27). The van der Waals surface area contributed by atoms with Crippen LogP contribution in [0, 0.1) is 6.92 Å². The summed E-state index contributed by atoms with van der Waals surface area (Å²) < 4.78 is 11.6. The lowest BCUT2D eigenvalue weighted by Crippen LogP contribution is -2.17. The summed E-state index contributed by atoms with van der Waals surface area (Å²) in [5.74, 6) is 0.808. The van der Waals surface area contributed by atoms with E-state index in [-0.39, 0.29) is 5.91 Å². The van der Waals surface area contributed by atoms with Crippen molar-refractivity contribution in [2.45, 2.75) is 20.5 Å². The minimum Gasteiger partial charge on any atom is -0.490 e. The van der Waals surface area contributed by atoms with E-state index in [0.29, 0.717) is 45.4 Å². The predicted octanol–water partition coefficient (Wildman–Crippen LogP) is 4.43. The van der Waals surface area contributed by atoms with E-state index in [1.54, 1.807) is 19.1 Å². The summed E-state index contributed by atoms with van der Waals surface area (Å²) in [6.07, 6.45) is 1.53. The van der Waals surface area contributed by atoms with Crippen molar-refractivity contribution in [2.75, 3.05) is 12.3 Å². The van der Waals surface area contributed by atoms with E-state index in [4.69, 9.17) is 26.8 Å². The second-order valence-corrected chi connectivity index (χ2v) is 7.62. The third kappa shape index (κ3) is 5.49. The molecular weight excluding hydrogens is 424 g/mol. The van der Waals surface area contributed by atoms with E-state index in [1.165, 1.54) is 6.21 Å². The Hall–Kier alpha value is -3.10. The van der Waals surface area contributed by atoms with Crippen molar-refractivity contribution in [3.63, 3.8) is 0 Å². The highest BCUT2D eigenvalue weighted by molar-refractivity contribution is 7.17. The maximum absolute atomic E-state index is 12.2. The van der Waals surface area contributed by atoms with Gasteiger partial charge in [0.1, 0.15) is 11.5 Å². The normalized spacial score (nSPS) is 10.9. The Morgan fingerprint density at radius 2 is 2.07 bits per heavy atom. The number of hydrazone groups is 1. The monoisotopic (exact) mass is 444 g/mol. The van der Waals surface area contributed by atoms with Gasteiger partial charge in [-0.3, -0.25) is 4.79 Å². The second kappa shape index (κ2) is 10.1. The number of carbonyl (C=O) groups excluding carboxylic acids is 1. The molecule has 0 saturated carbocycles. The highest BCUT2D eigenvalue weighted by atomic mass is 35.5. The molecule has 30 heavy (non-hydrogen) atoms. The molecule has 1 heterocycles. The number of nitrogens with zero attached hydrogens (tertiary/aromatic N) is 2. The topological polar surface area (TPSA) is 98.8 Å². The van der Waals surface area contributed by atoms with E-state index in [1.807, 2.05) is 37.3 Å². The van der Waals surface area contributed by atoms with E-state index in [9.17, 15) is 4.79 Å². The van der Waals surface area contributed by atoms with Gasteiger partial charge in [-0.15, -0.1) is 0 Å². The summed E-state index contributed by atoms with van der Waals surface area (Å²) in [6, 6.07) is 12.9. The van der Waals surface area contributed by atoms with Crippen LogP contribution in [0.3, 0.4) is 0 Å². The number of anilines is 1. The van der Waals surface area contributed by atoms with Gasteiger partial charge in [0.15, 0.2) is 16.6 Å². The number of aryl methyl sites for hydroxylation is 1. The molecule has 2 aromatic carbocycles. The van der Waals surface area contributed by atoms with Crippen molar-refractivity contribution in [3.05, 3.63) is 69.2 Å². The molecule has 0 unspecified atom stereocenters. The molecule has 156 valence electrons. The first kappa shape index (κ1) is 21.6. The molecule has 3 aromatic rings. The number of halogens is 1. The van der Waals surface area contributed by atoms with Gasteiger partial charge in [-0.1, -0.05) is 41.1 Å². The largest absolute Gasteiger partial charge is 0.490 e. The van der Waals surface area contributed by atoms with E-state index < -0.39 is 0 Å². The number of nitrogens with one attached hydrogen (secondary N) is 1. The van der Waals surface area contributed by atoms with Gasteiger partial charge in [-0.25, -0.2) is 10.4 Å². The summed E-state index contributed by atoms with van der Waals surface area (Å²) in [5, 5.41) is 4.99. The lowest BCUT2D eigenvalue weighted by Gasteiger charge is -2.13. The number of thiazole rings is 1. The first-order valence-electron chi connectivity index (χ1n) is 9.17. The van der Waals surface area contributed by atoms with Crippen LogP contribution in [0.5, 0.6) is 11.5 Å². The minimum absolute atomic E-state index is 0.320. The average Bonchev–Trinajstić information content (AvgIpc) is 3.07. The summed E-state index contributed by atoms with van der Waals surface area (Å²) >= 11 is 7.30. The fourth-order valence-corrected chi connectivity index (χ4v) is 3.52. The van der Waals surface area contributed by atoms with Crippen LogP contribution in [0.25, 0.3) is 0 Å². The third-order valence-electron chi connectivity index (χ3n) is 4.01. The predicted molar refractivity (Wildman–Crippen MR) is 120 cm³/mol. The van der Waals surface area contributed by atoms with Crippen LogP contribution in [-0.4, -0.2) is 23.7 Å². The third-order valence-corrected chi connectivity index (χ3v) is 5.36. The molecule has 0 bridgehead atoms. The molecule has 1 aromatic heterocycles. The van der Waals surface area contributed by atoms with Crippen molar-refractivity contribution >= 4 is 40.2 Å². The Morgan fingerprint density at radius 1 is 1.27 bits per heavy atom. The zero-order valence-electron chi connectivity index (χ0n) is 16.5. The van der Waals surface area contributed by atoms with Crippen molar-refractivity contribution in [3.8, 4) is 11.5 Å². The molecule has 0 saturated heterocycles. The van der Waals surface area contributed by atoms with Crippen LogP contribution in [0.2, 0.25) is 5.02 Å². The number of carbonyl (C=O) groups is 1. The molecule has 3 N–H and O–H groups in total. The number of nitrogen functional groups attached to an aromatic ring is 1. The van der Waals surface area contributed by atoms with Crippen molar-refractivity contribution in [1.29, 1.82) is 0 Å². The number of hydrogen-bond acceptors (Lipinski definition) is 7. The molecule has 3 rings (SSSR count). The Balaban J connectivity index is 1.68. The average molecular weight is 445 g/mol. The van der Waals surface area contributed by atoms with Gasteiger partial charge in [0, 0.05) is 10.6 Å². The van der Waals surface area contributed by atoms with Crippen LogP contribution >= 0.6 is 22.9 Å². The van der Waals surface area contributed by atoms with Gasteiger partial charge >= 0.3 is 0 Å². The lowest BCUT2D eigenvalue weighted by atomic mass is 10.2. The van der Waals surface area contributed by atoms with E-state index >= 15 is 0 Å². The smallest absolute Gasteiger partial charge is 0.283 e. The number of hydrogen-bond donors (Lipinski definition) is 2. The number of rotatable bonds is 8. The molecule has 0 atom stereocenters. The molecule has 9 heteroatoms. The Kier molecular flexibility index (Phi) is 7.26. The summed E-state index contributed by atoms with van der Waals surface area (Å²) in [5.41, 5.74) is 10.3. The number of ether oxygens (including phenoxy) is 2. The van der Waals surface area contributed by atoms with Gasteiger partial charge in [0.05, 0.1) is 18.5 Å². The number of amides is 1. The molecule has 7 nitrogen and oxygen atoms in total. The van der Waals surface area contributed by atoms with Gasteiger partial charge in [-0.2, -0.15) is 5.10 Å². The van der Waals surface area contributed by atoms with Gasteiger partial charge in [0.25, 0.3) is 5.91 Å². The molecule has 0 aliphatic rings. The molecule has 0 aliphatic heterocycles. The fraction of sp³-hybridized carbons (Fsp3) is 0.190. The highest BCUT2D eigenvalue weighted by Gasteiger charge is 2.13. The Labute approximate surface area is 183 Å². The van der Waals surface area contributed by atoms with Gasteiger partial charge in [0.2, 0.25) is 0 Å².